The van der Waals surface area contributed by atoms with E-state index in [2.05, 4.69) is 10.3 Å². The van der Waals surface area contributed by atoms with Crippen LogP contribution in [0.5, 0.6) is 5.75 Å². The van der Waals surface area contributed by atoms with E-state index in [4.69, 9.17) is 9.47 Å². The van der Waals surface area contributed by atoms with E-state index in [1.165, 1.54) is 11.3 Å². The van der Waals surface area contributed by atoms with Gasteiger partial charge in [-0.15, -0.1) is 11.3 Å². The molecule has 0 unspecified atom stereocenters. The van der Waals surface area contributed by atoms with Gasteiger partial charge < -0.3 is 19.7 Å². The van der Waals surface area contributed by atoms with Crippen LogP contribution in [0.2, 0.25) is 0 Å². The Balaban J connectivity index is 1.44. The lowest BCUT2D eigenvalue weighted by Crippen LogP contribution is -2.41. The summed E-state index contributed by atoms with van der Waals surface area (Å²) in [6.07, 6.45) is 5.09. The topological polar surface area (TPSA) is 80.8 Å². The van der Waals surface area contributed by atoms with Crippen LogP contribution >= 0.6 is 11.3 Å². The SMILES string of the molecule is COc1ccc(N2C[C@]34C=C[C@H](O3)[C@@H](C(=O)Nc3nccs3)[C@H]4C2=O)cc1. The van der Waals surface area contributed by atoms with Crippen LogP contribution in [0.25, 0.3) is 0 Å². The lowest BCUT2D eigenvalue weighted by Gasteiger charge is -2.22. The number of carbonyl (C=O) groups is 2. The molecule has 1 N–H and O–H groups in total. The summed E-state index contributed by atoms with van der Waals surface area (Å²) >= 11 is 1.35. The summed E-state index contributed by atoms with van der Waals surface area (Å²) in [5.74, 6) is -0.687. The van der Waals surface area contributed by atoms with Crippen molar-refractivity contribution in [1.29, 1.82) is 0 Å². The maximum atomic E-state index is 13.2. The van der Waals surface area contributed by atoms with Crippen molar-refractivity contribution in [1.82, 2.24) is 4.98 Å². The second kappa shape index (κ2) is 5.90. The highest BCUT2D eigenvalue weighted by Crippen LogP contribution is 2.52. The fourth-order valence-electron chi connectivity index (χ4n) is 4.25. The highest BCUT2D eigenvalue weighted by atomic mass is 32.1. The van der Waals surface area contributed by atoms with E-state index in [9.17, 15) is 9.59 Å². The first-order chi connectivity index (χ1) is 13.1. The van der Waals surface area contributed by atoms with Crippen molar-refractivity contribution in [2.24, 2.45) is 11.8 Å². The summed E-state index contributed by atoms with van der Waals surface area (Å²) in [5.41, 5.74) is 0.0242. The highest BCUT2D eigenvalue weighted by Gasteiger charge is 2.67. The van der Waals surface area contributed by atoms with Gasteiger partial charge in [0.25, 0.3) is 0 Å². The van der Waals surface area contributed by atoms with E-state index in [0.717, 1.165) is 11.4 Å². The van der Waals surface area contributed by atoms with Crippen molar-refractivity contribution in [2.45, 2.75) is 11.7 Å². The molecule has 4 atom stereocenters. The van der Waals surface area contributed by atoms with E-state index in [0.29, 0.717) is 11.7 Å². The van der Waals surface area contributed by atoms with E-state index < -0.39 is 17.4 Å². The Morgan fingerprint density at radius 2 is 2.22 bits per heavy atom. The molecular formula is C19H17N3O4S. The molecule has 0 aliphatic carbocycles. The number of methoxy groups -OCH3 is 1. The minimum atomic E-state index is -0.743. The molecule has 5 rings (SSSR count). The molecule has 7 nitrogen and oxygen atoms in total. The second-order valence-electron chi connectivity index (χ2n) is 6.85. The molecule has 2 amide bonds. The molecule has 0 saturated carbocycles. The molecular weight excluding hydrogens is 366 g/mol. The number of aromatic nitrogens is 1. The molecule has 8 heteroatoms. The number of thiazole rings is 1. The quantitative estimate of drug-likeness (QED) is 0.818. The Morgan fingerprint density at radius 3 is 2.93 bits per heavy atom. The molecule has 2 fully saturated rings. The van der Waals surface area contributed by atoms with Gasteiger partial charge >= 0.3 is 0 Å². The number of nitrogens with zero attached hydrogens (tertiary/aromatic N) is 2. The number of anilines is 2. The monoisotopic (exact) mass is 383 g/mol. The van der Waals surface area contributed by atoms with Gasteiger partial charge in [0.15, 0.2) is 5.13 Å². The molecule has 1 aromatic carbocycles. The summed E-state index contributed by atoms with van der Waals surface area (Å²) in [4.78, 5) is 31.9. The summed E-state index contributed by atoms with van der Waals surface area (Å²) in [7, 11) is 1.60. The smallest absolute Gasteiger partial charge is 0.234 e. The lowest BCUT2D eigenvalue weighted by molar-refractivity contribution is -0.128. The molecule has 3 aliphatic rings. The molecule has 27 heavy (non-hydrogen) atoms. The zero-order chi connectivity index (χ0) is 18.6. The number of fused-ring (bicyclic) bond motifs is 1. The molecule has 4 heterocycles. The van der Waals surface area contributed by atoms with Crippen LogP contribution < -0.4 is 15.0 Å². The van der Waals surface area contributed by atoms with Gasteiger partial charge in [0, 0.05) is 17.3 Å². The van der Waals surface area contributed by atoms with Gasteiger partial charge in [-0.2, -0.15) is 0 Å². The minimum Gasteiger partial charge on any atom is -0.497 e. The van der Waals surface area contributed by atoms with Crippen molar-refractivity contribution in [3.63, 3.8) is 0 Å². The number of ether oxygens (including phenoxy) is 2. The van der Waals surface area contributed by atoms with Crippen LogP contribution in [-0.2, 0) is 14.3 Å². The van der Waals surface area contributed by atoms with Gasteiger partial charge in [0.1, 0.15) is 11.4 Å². The van der Waals surface area contributed by atoms with Crippen LogP contribution in [-0.4, -0.2) is 42.2 Å². The van der Waals surface area contributed by atoms with E-state index in [1.54, 1.807) is 23.6 Å². The Hall–Kier alpha value is -2.71. The number of amides is 2. The number of hydrogen-bond donors (Lipinski definition) is 1. The molecule has 3 aliphatic heterocycles. The predicted molar refractivity (Wildman–Crippen MR) is 99.8 cm³/mol. The number of hydrogen-bond acceptors (Lipinski definition) is 6. The van der Waals surface area contributed by atoms with Crippen molar-refractivity contribution in [3.8, 4) is 5.75 Å². The first-order valence-corrected chi connectivity index (χ1v) is 9.52. The van der Waals surface area contributed by atoms with Gasteiger partial charge in [0.05, 0.1) is 31.6 Å². The van der Waals surface area contributed by atoms with Gasteiger partial charge in [-0.3, -0.25) is 9.59 Å². The Labute approximate surface area is 159 Å². The highest BCUT2D eigenvalue weighted by molar-refractivity contribution is 7.13. The fourth-order valence-corrected chi connectivity index (χ4v) is 4.78. The van der Waals surface area contributed by atoms with E-state index >= 15 is 0 Å². The zero-order valence-electron chi connectivity index (χ0n) is 14.5. The lowest BCUT2D eigenvalue weighted by atomic mass is 9.77. The normalized spacial score (nSPS) is 30.6. The summed E-state index contributed by atoms with van der Waals surface area (Å²) in [6, 6.07) is 7.31. The molecule has 0 radical (unpaired) electrons. The average Bonchev–Trinajstić information content (AvgIpc) is 3.44. The number of nitrogens with one attached hydrogen (secondary N) is 1. The van der Waals surface area contributed by atoms with Crippen LogP contribution in [0.15, 0.2) is 48.0 Å². The summed E-state index contributed by atoms with van der Waals surface area (Å²) in [5, 5.41) is 5.13. The Morgan fingerprint density at radius 1 is 1.41 bits per heavy atom. The van der Waals surface area contributed by atoms with Gasteiger partial charge in [-0.1, -0.05) is 12.2 Å². The minimum absolute atomic E-state index is 0.0914. The third-order valence-corrected chi connectivity index (χ3v) is 6.14. The largest absolute Gasteiger partial charge is 0.497 e. The fraction of sp³-hybridized carbons (Fsp3) is 0.316. The summed E-state index contributed by atoms with van der Waals surface area (Å²) < 4.78 is 11.3. The third kappa shape index (κ3) is 2.40. The van der Waals surface area contributed by atoms with Crippen molar-refractivity contribution in [3.05, 3.63) is 48.0 Å². The predicted octanol–water partition coefficient (Wildman–Crippen LogP) is 2.08. The number of carbonyl (C=O) groups excluding carboxylic acids is 2. The molecule has 138 valence electrons. The van der Waals surface area contributed by atoms with Gasteiger partial charge in [0.2, 0.25) is 11.8 Å². The number of rotatable bonds is 4. The molecule has 1 aromatic heterocycles. The standard InChI is InChI=1S/C19H17N3O4S/c1-25-12-4-2-11(3-5-12)22-10-19-7-6-13(26-19)14(15(19)17(22)24)16(23)21-18-20-8-9-27-18/h2-9,13-15H,10H2,1H3,(H,20,21,23)/t13-,14+,15-,19-/m0/s1. The van der Waals surface area contributed by atoms with Crippen molar-refractivity contribution in [2.75, 3.05) is 23.9 Å². The van der Waals surface area contributed by atoms with Crippen molar-refractivity contribution >= 4 is 34.0 Å². The number of benzene rings is 1. The van der Waals surface area contributed by atoms with Crippen molar-refractivity contribution < 1.29 is 19.1 Å². The first-order valence-electron chi connectivity index (χ1n) is 8.64. The second-order valence-corrected chi connectivity index (χ2v) is 7.74. The van der Waals surface area contributed by atoms with Gasteiger partial charge in [-0.25, -0.2) is 4.98 Å². The van der Waals surface area contributed by atoms with E-state index in [-0.39, 0.29) is 17.9 Å². The zero-order valence-corrected chi connectivity index (χ0v) is 15.3. The van der Waals surface area contributed by atoms with Crippen LogP contribution in [0, 0.1) is 11.8 Å². The summed E-state index contributed by atoms with van der Waals surface area (Å²) in [6.45, 7) is 0.400. The Bertz CT molecular complexity index is 927. The molecule has 2 saturated heterocycles. The molecule has 2 aromatic rings. The molecule has 1 spiro atoms. The van der Waals surface area contributed by atoms with Gasteiger partial charge in [-0.05, 0) is 24.3 Å². The third-order valence-electron chi connectivity index (χ3n) is 5.45. The van der Waals surface area contributed by atoms with E-state index in [1.807, 2.05) is 36.4 Å². The average molecular weight is 383 g/mol. The van der Waals surface area contributed by atoms with Crippen LogP contribution in [0.3, 0.4) is 0 Å². The Kier molecular flexibility index (Phi) is 3.60. The van der Waals surface area contributed by atoms with Crippen LogP contribution in [0.4, 0.5) is 10.8 Å². The maximum absolute atomic E-state index is 13.2. The molecule has 2 bridgehead atoms. The van der Waals surface area contributed by atoms with Crippen LogP contribution in [0.1, 0.15) is 0 Å². The first kappa shape index (κ1) is 16.5. The maximum Gasteiger partial charge on any atom is 0.234 e.